The first-order chi connectivity index (χ1) is 9.70. The Morgan fingerprint density at radius 3 is 2.00 bits per heavy atom. The molecule has 0 aromatic carbocycles. The molecule has 5 heteroatoms. The Kier molecular flexibility index (Phi) is 9.39. The van der Waals surface area contributed by atoms with Crippen LogP contribution in [-0.4, -0.2) is 69.7 Å². The van der Waals surface area contributed by atoms with Crippen LogP contribution in [0, 0.1) is 0 Å². The van der Waals surface area contributed by atoms with Gasteiger partial charge >= 0.3 is 0 Å². The zero-order chi connectivity index (χ0) is 14.7. The number of unbranched alkanes of at least 4 members (excludes halogenated alkanes) is 1. The average molecular weight is 288 g/mol. The molecule has 5 nitrogen and oxygen atoms in total. The van der Waals surface area contributed by atoms with Crippen LogP contribution in [0.5, 0.6) is 0 Å². The SMILES string of the molecule is CCCCOCCOCCOCCN1CC(N)(CC)C1. The van der Waals surface area contributed by atoms with Crippen LogP contribution in [0.25, 0.3) is 0 Å². The molecular weight excluding hydrogens is 256 g/mol. The standard InChI is InChI=1S/C15H32N2O3/c1-3-5-7-18-9-11-20-12-10-19-8-6-17-13-15(16,4-2)14-17/h3-14,16H2,1-2H3. The van der Waals surface area contributed by atoms with Crippen molar-refractivity contribution in [2.24, 2.45) is 5.73 Å². The Hall–Kier alpha value is -0.200. The molecule has 0 atom stereocenters. The van der Waals surface area contributed by atoms with Crippen LogP contribution in [0.15, 0.2) is 0 Å². The highest BCUT2D eigenvalue weighted by atomic mass is 16.5. The van der Waals surface area contributed by atoms with E-state index < -0.39 is 0 Å². The molecule has 1 aliphatic heterocycles. The molecule has 120 valence electrons. The van der Waals surface area contributed by atoms with E-state index in [0.717, 1.165) is 45.7 Å². The van der Waals surface area contributed by atoms with Crippen molar-refractivity contribution in [3.63, 3.8) is 0 Å². The number of nitrogens with two attached hydrogens (primary N) is 1. The smallest absolute Gasteiger partial charge is 0.0701 e. The number of hydrogen-bond acceptors (Lipinski definition) is 5. The van der Waals surface area contributed by atoms with E-state index in [1.54, 1.807) is 0 Å². The quantitative estimate of drug-likeness (QED) is 0.517. The monoisotopic (exact) mass is 288 g/mol. The predicted molar refractivity (Wildman–Crippen MR) is 81.0 cm³/mol. The molecule has 0 saturated carbocycles. The van der Waals surface area contributed by atoms with Gasteiger partial charge in [0.2, 0.25) is 0 Å². The summed E-state index contributed by atoms with van der Waals surface area (Å²) in [6.07, 6.45) is 3.36. The van der Waals surface area contributed by atoms with Crippen molar-refractivity contribution in [1.29, 1.82) is 0 Å². The highest BCUT2D eigenvalue weighted by Gasteiger charge is 2.36. The Morgan fingerprint density at radius 2 is 1.45 bits per heavy atom. The van der Waals surface area contributed by atoms with Gasteiger partial charge in [-0.05, 0) is 12.8 Å². The summed E-state index contributed by atoms with van der Waals surface area (Å²) in [7, 11) is 0. The lowest BCUT2D eigenvalue weighted by atomic mass is 9.88. The minimum Gasteiger partial charge on any atom is -0.379 e. The maximum atomic E-state index is 6.11. The van der Waals surface area contributed by atoms with Crippen molar-refractivity contribution in [3.05, 3.63) is 0 Å². The van der Waals surface area contributed by atoms with E-state index in [4.69, 9.17) is 19.9 Å². The summed E-state index contributed by atoms with van der Waals surface area (Å²) in [5.74, 6) is 0. The van der Waals surface area contributed by atoms with Gasteiger partial charge in [-0.3, -0.25) is 4.90 Å². The lowest BCUT2D eigenvalue weighted by Gasteiger charge is -2.47. The molecule has 0 aromatic heterocycles. The molecule has 0 aliphatic carbocycles. The second-order valence-corrected chi connectivity index (χ2v) is 5.62. The average Bonchev–Trinajstić information content (AvgIpc) is 2.42. The molecule has 0 amide bonds. The number of nitrogens with zero attached hydrogens (tertiary/aromatic N) is 1. The molecule has 0 spiro atoms. The van der Waals surface area contributed by atoms with Gasteiger partial charge in [-0.2, -0.15) is 0 Å². The summed E-state index contributed by atoms with van der Waals surface area (Å²) in [5, 5.41) is 0. The first-order valence-corrected chi connectivity index (χ1v) is 7.94. The van der Waals surface area contributed by atoms with Gasteiger partial charge in [0.05, 0.1) is 33.0 Å². The van der Waals surface area contributed by atoms with Crippen LogP contribution in [0.2, 0.25) is 0 Å². The molecule has 2 N–H and O–H groups in total. The van der Waals surface area contributed by atoms with E-state index in [1.807, 2.05) is 0 Å². The summed E-state index contributed by atoms with van der Waals surface area (Å²) in [6, 6.07) is 0. The molecule has 1 heterocycles. The van der Waals surface area contributed by atoms with Crippen LogP contribution in [0.1, 0.15) is 33.1 Å². The maximum Gasteiger partial charge on any atom is 0.0701 e. The molecule has 1 fully saturated rings. The second kappa shape index (κ2) is 10.5. The van der Waals surface area contributed by atoms with Crippen molar-refractivity contribution in [2.45, 2.75) is 38.6 Å². The highest BCUT2D eigenvalue weighted by Crippen LogP contribution is 2.20. The lowest BCUT2D eigenvalue weighted by Crippen LogP contribution is -2.67. The van der Waals surface area contributed by atoms with Gasteiger partial charge < -0.3 is 19.9 Å². The zero-order valence-electron chi connectivity index (χ0n) is 13.2. The molecule has 1 saturated heterocycles. The zero-order valence-corrected chi connectivity index (χ0v) is 13.2. The Bertz CT molecular complexity index is 233. The van der Waals surface area contributed by atoms with Gasteiger partial charge in [0, 0.05) is 31.8 Å². The van der Waals surface area contributed by atoms with Crippen LogP contribution in [-0.2, 0) is 14.2 Å². The normalized spacial score (nSPS) is 18.1. The maximum absolute atomic E-state index is 6.11. The fourth-order valence-corrected chi connectivity index (χ4v) is 2.21. The number of rotatable bonds is 13. The summed E-state index contributed by atoms with van der Waals surface area (Å²) in [5.41, 5.74) is 6.16. The van der Waals surface area contributed by atoms with Gasteiger partial charge in [0.25, 0.3) is 0 Å². The molecule has 20 heavy (non-hydrogen) atoms. The second-order valence-electron chi connectivity index (χ2n) is 5.62. The molecular formula is C15H32N2O3. The molecule has 1 aliphatic rings. The van der Waals surface area contributed by atoms with E-state index in [9.17, 15) is 0 Å². The lowest BCUT2D eigenvalue weighted by molar-refractivity contribution is -0.00313. The topological polar surface area (TPSA) is 57.0 Å². The van der Waals surface area contributed by atoms with E-state index in [-0.39, 0.29) is 5.54 Å². The van der Waals surface area contributed by atoms with Gasteiger partial charge in [0.15, 0.2) is 0 Å². The van der Waals surface area contributed by atoms with Crippen molar-refractivity contribution in [2.75, 3.05) is 59.3 Å². The minimum atomic E-state index is 0.0564. The fraction of sp³-hybridized carbons (Fsp3) is 1.00. The van der Waals surface area contributed by atoms with Crippen LogP contribution in [0.4, 0.5) is 0 Å². The Morgan fingerprint density at radius 1 is 0.900 bits per heavy atom. The fourth-order valence-electron chi connectivity index (χ4n) is 2.21. The largest absolute Gasteiger partial charge is 0.379 e. The first kappa shape index (κ1) is 17.9. The highest BCUT2D eigenvalue weighted by molar-refractivity contribution is 4.98. The third-order valence-electron chi connectivity index (χ3n) is 3.72. The number of hydrogen-bond donors (Lipinski definition) is 1. The molecule has 0 bridgehead atoms. The van der Waals surface area contributed by atoms with Crippen molar-refractivity contribution >= 4 is 0 Å². The molecule has 0 unspecified atom stereocenters. The van der Waals surface area contributed by atoms with Crippen molar-refractivity contribution < 1.29 is 14.2 Å². The molecule has 0 radical (unpaired) electrons. The van der Waals surface area contributed by atoms with Crippen LogP contribution in [0.3, 0.4) is 0 Å². The van der Waals surface area contributed by atoms with E-state index in [1.165, 1.54) is 6.42 Å². The van der Waals surface area contributed by atoms with Crippen LogP contribution < -0.4 is 5.73 Å². The van der Waals surface area contributed by atoms with Gasteiger partial charge in [-0.25, -0.2) is 0 Å². The van der Waals surface area contributed by atoms with Crippen molar-refractivity contribution in [3.8, 4) is 0 Å². The van der Waals surface area contributed by atoms with Gasteiger partial charge in [0.1, 0.15) is 0 Å². The van der Waals surface area contributed by atoms with Crippen LogP contribution >= 0.6 is 0 Å². The van der Waals surface area contributed by atoms with E-state index >= 15 is 0 Å². The van der Waals surface area contributed by atoms with Crippen molar-refractivity contribution in [1.82, 2.24) is 4.90 Å². The van der Waals surface area contributed by atoms with E-state index in [0.29, 0.717) is 26.4 Å². The molecule has 0 aromatic rings. The molecule has 1 rings (SSSR count). The van der Waals surface area contributed by atoms with Gasteiger partial charge in [-0.1, -0.05) is 20.3 Å². The number of ether oxygens (including phenoxy) is 3. The summed E-state index contributed by atoms with van der Waals surface area (Å²) >= 11 is 0. The number of likely N-dealkylation sites (tertiary alicyclic amines) is 1. The van der Waals surface area contributed by atoms with Gasteiger partial charge in [-0.15, -0.1) is 0 Å². The summed E-state index contributed by atoms with van der Waals surface area (Å²) in [6.45, 7) is 11.5. The summed E-state index contributed by atoms with van der Waals surface area (Å²) < 4.78 is 16.4. The predicted octanol–water partition coefficient (Wildman–Crippen LogP) is 1.26. The van der Waals surface area contributed by atoms with E-state index in [2.05, 4.69) is 18.7 Å². The third-order valence-corrected chi connectivity index (χ3v) is 3.72. The first-order valence-electron chi connectivity index (χ1n) is 7.94. The third kappa shape index (κ3) is 7.55. The Balaban J connectivity index is 1.73. The minimum absolute atomic E-state index is 0.0564. The Labute approximate surface area is 123 Å². The summed E-state index contributed by atoms with van der Waals surface area (Å²) in [4.78, 5) is 2.34.